The molecule has 2 rings (SSSR count). The lowest BCUT2D eigenvalue weighted by Crippen LogP contribution is -2.57. The Morgan fingerprint density at radius 1 is 1.05 bits per heavy atom. The number of hydrogen-bond donors (Lipinski definition) is 1. The highest BCUT2D eigenvalue weighted by atomic mass is 16.5. The maximum absolute atomic E-state index is 6.07. The van der Waals surface area contributed by atoms with Crippen LogP contribution in [-0.4, -0.2) is 53.3 Å². The Labute approximate surface area is 120 Å². The summed E-state index contributed by atoms with van der Waals surface area (Å²) in [6.07, 6.45) is 0. The zero-order valence-corrected chi connectivity index (χ0v) is 13.1. The first-order chi connectivity index (χ1) is 9.08. The number of morpholine rings is 1. The van der Waals surface area contributed by atoms with Gasteiger partial charge in [-0.3, -0.25) is 0 Å². The number of nitrogen functional groups attached to an aromatic ring is 1. The average molecular weight is 280 g/mol. The monoisotopic (exact) mass is 280 g/mol. The van der Waals surface area contributed by atoms with E-state index >= 15 is 0 Å². The summed E-state index contributed by atoms with van der Waals surface area (Å²) in [6.45, 7) is 9.70. The number of ether oxygens (including phenoxy) is 1. The summed E-state index contributed by atoms with van der Waals surface area (Å²) >= 11 is 0. The maximum Gasteiger partial charge on any atom is 0.232 e. The quantitative estimate of drug-likeness (QED) is 0.862. The van der Waals surface area contributed by atoms with Gasteiger partial charge in [-0.25, -0.2) is 0 Å². The fourth-order valence-electron chi connectivity index (χ4n) is 2.64. The van der Waals surface area contributed by atoms with Gasteiger partial charge in [0.2, 0.25) is 17.8 Å². The predicted octanol–water partition coefficient (Wildman–Crippen LogP) is 0.914. The third-order valence-corrected chi connectivity index (χ3v) is 3.01. The van der Waals surface area contributed by atoms with Crippen LogP contribution in [0.25, 0.3) is 0 Å². The Morgan fingerprint density at radius 2 is 1.60 bits per heavy atom. The van der Waals surface area contributed by atoms with Crippen LogP contribution < -0.4 is 15.5 Å². The molecule has 1 aromatic rings. The number of anilines is 3. The molecule has 112 valence electrons. The van der Waals surface area contributed by atoms with Crippen LogP contribution in [0, 0.1) is 0 Å². The second kappa shape index (κ2) is 4.73. The van der Waals surface area contributed by atoms with E-state index in [2.05, 4.69) is 47.5 Å². The van der Waals surface area contributed by atoms with Crippen molar-refractivity contribution >= 4 is 17.8 Å². The number of rotatable bonds is 2. The van der Waals surface area contributed by atoms with Crippen molar-refractivity contribution in [3.63, 3.8) is 0 Å². The molecule has 1 aliphatic rings. The Morgan fingerprint density at radius 3 is 2.10 bits per heavy atom. The number of hydrogen-bond acceptors (Lipinski definition) is 7. The number of aromatic nitrogens is 3. The molecule has 7 nitrogen and oxygen atoms in total. The first-order valence-corrected chi connectivity index (χ1v) is 6.72. The number of nitrogens with zero attached hydrogens (tertiary/aromatic N) is 5. The van der Waals surface area contributed by atoms with Gasteiger partial charge in [-0.2, -0.15) is 15.0 Å². The first-order valence-electron chi connectivity index (χ1n) is 6.72. The highest BCUT2D eigenvalue weighted by Crippen LogP contribution is 2.30. The minimum atomic E-state index is -0.262. The molecule has 0 unspecified atom stereocenters. The van der Waals surface area contributed by atoms with E-state index in [0.29, 0.717) is 25.0 Å². The van der Waals surface area contributed by atoms with E-state index in [0.717, 1.165) is 0 Å². The molecule has 0 bridgehead atoms. The second-order valence-corrected chi connectivity index (χ2v) is 6.67. The first kappa shape index (κ1) is 14.8. The van der Waals surface area contributed by atoms with E-state index in [-0.39, 0.29) is 17.2 Å². The van der Waals surface area contributed by atoms with E-state index < -0.39 is 0 Å². The number of nitrogens with two attached hydrogens (primary N) is 1. The van der Waals surface area contributed by atoms with E-state index in [1.54, 1.807) is 0 Å². The molecule has 0 atom stereocenters. The minimum Gasteiger partial charge on any atom is -0.368 e. The Hall–Kier alpha value is -1.63. The SMILES string of the molecule is CN(C)c1nc(N)nc(N2CC(C)(C)OC(C)(C)C2)n1. The molecule has 0 radical (unpaired) electrons. The third kappa shape index (κ3) is 3.27. The van der Waals surface area contributed by atoms with Crippen LogP contribution in [0.4, 0.5) is 17.8 Å². The maximum atomic E-state index is 6.07. The molecule has 2 N–H and O–H groups in total. The molecule has 1 fully saturated rings. The zero-order chi connectivity index (χ0) is 15.1. The summed E-state index contributed by atoms with van der Waals surface area (Å²) in [5.74, 6) is 1.40. The van der Waals surface area contributed by atoms with Crippen LogP contribution in [0.1, 0.15) is 27.7 Å². The summed E-state index contributed by atoms with van der Waals surface area (Å²) in [4.78, 5) is 16.8. The fraction of sp³-hybridized carbons (Fsp3) is 0.769. The van der Waals surface area contributed by atoms with Gasteiger partial charge in [0, 0.05) is 27.2 Å². The molecule has 0 amide bonds. The lowest BCUT2D eigenvalue weighted by atomic mass is 9.99. The summed E-state index contributed by atoms with van der Waals surface area (Å²) in [6, 6.07) is 0. The molecule has 1 aromatic heterocycles. The van der Waals surface area contributed by atoms with E-state index in [1.807, 2.05) is 19.0 Å². The van der Waals surface area contributed by atoms with Crippen LogP contribution in [0.2, 0.25) is 0 Å². The molecule has 7 heteroatoms. The van der Waals surface area contributed by atoms with E-state index in [1.165, 1.54) is 0 Å². The van der Waals surface area contributed by atoms with Gasteiger partial charge < -0.3 is 20.3 Å². The van der Waals surface area contributed by atoms with Crippen LogP contribution in [0.3, 0.4) is 0 Å². The molecule has 2 heterocycles. The summed E-state index contributed by atoms with van der Waals surface area (Å²) < 4.78 is 6.07. The summed E-state index contributed by atoms with van der Waals surface area (Å²) in [7, 11) is 3.76. The average Bonchev–Trinajstić information content (AvgIpc) is 2.23. The van der Waals surface area contributed by atoms with Crippen molar-refractivity contribution in [2.45, 2.75) is 38.9 Å². The highest BCUT2D eigenvalue weighted by molar-refractivity contribution is 5.43. The van der Waals surface area contributed by atoms with Gasteiger partial charge in [0.1, 0.15) is 0 Å². The van der Waals surface area contributed by atoms with Gasteiger partial charge in [0.05, 0.1) is 11.2 Å². The zero-order valence-electron chi connectivity index (χ0n) is 13.1. The van der Waals surface area contributed by atoms with Gasteiger partial charge in [0.25, 0.3) is 0 Å². The molecule has 0 aliphatic carbocycles. The molecule has 0 aromatic carbocycles. The second-order valence-electron chi connectivity index (χ2n) is 6.67. The van der Waals surface area contributed by atoms with Gasteiger partial charge in [-0.05, 0) is 27.7 Å². The Balaban J connectivity index is 2.35. The fourth-order valence-corrected chi connectivity index (χ4v) is 2.64. The molecule has 0 spiro atoms. The predicted molar refractivity (Wildman–Crippen MR) is 80.0 cm³/mol. The highest BCUT2D eigenvalue weighted by Gasteiger charge is 2.39. The van der Waals surface area contributed by atoms with Crippen LogP contribution in [-0.2, 0) is 4.74 Å². The van der Waals surface area contributed by atoms with Gasteiger partial charge in [-0.1, -0.05) is 0 Å². The largest absolute Gasteiger partial charge is 0.368 e. The smallest absolute Gasteiger partial charge is 0.232 e. The molecule has 1 saturated heterocycles. The molecular weight excluding hydrogens is 256 g/mol. The molecule has 0 saturated carbocycles. The Kier molecular flexibility index (Phi) is 3.49. The summed E-state index contributed by atoms with van der Waals surface area (Å²) in [5, 5.41) is 0. The van der Waals surface area contributed by atoms with Crippen molar-refractivity contribution in [2.24, 2.45) is 0 Å². The van der Waals surface area contributed by atoms with E-state index in [9.17, 15) is 0 Å². The summed E-state index contributed by atoms with van der Waals surface area (Å²) in [5.41, 5.74) is 5.27. The van der Waals surface area contributed by atoms with Crippen molar-refractivity contribution in [1.29, 1.82) is 0 Å². The van der Waals surface area contributed by atoms with Crippen molar-refractivity contribution in [1.82, 2.24) is 15.0 Å². The molecule has 20 heavy (non-hydrogen) atoms. The lowest BCUT2D eigenvalue weighted by Gasteiger charge is -2.47. The van der Waals surface area contributed by atoms with Crippen molar-refractivity contribution < 1.29 is 4.74 Å². The van der Waals surface area contributed by atoms with Crippen molar-refractivity contribution in [3.05, 3.63) is 0 Å². The van der Waals surface area contributed by atoms with Crippen LogP contribution >= 0.6 is 0 Å². The van der Waals surface area contributed by atoms with Crippen LogP contribution in [0.5, 0.6) is 0 Å². The molecular formula is C13H24N6O. The van der Waals surface area contributed by atoms with E-state index in [4.69, 9.17) is 10.5 Å². The molecule has 1 aliphatic heterocycles. The van der Waals surface area contributed by atoms with Gasteiger partial charge in [0.15, 0.2) is 0 Å². The van der Waals surface area contributed by atoms with Gasteiger partial charge >= 0.3 is 0 Å². The topological polar surface area (TPSA) is 80.4 Å². The van der Waals surface area contributed by atoms with Crippen molar-refractivity contribution in [2.75, 3.05) is 42.7 Å². The normalized spacial score (nSPS) is 20.8. The Bertz CT molecular complexity index is 484. The lowest BCUT2D eigenvalue weighted by molar-refractivity contribution is -0.133. The van der Waals surface area contributed by atoms with Crippen LogP contribution in [0.15, 0.2) is 0 Å². The third-order valence-electron chi connectivity index (χ3n) is 3.01. The standard InChI is InChI=1S/C13H24N6O/c1-12(2)7-19(8-13(3,4)20-12)11-16-9(14)15-10(17-11)18(5)6/h7-8H2,1-6H3,(H2,14,15,16,17). The van der Waals surface area contributed by atoms with Crippen molar-refractivity contribution in [3.8, 4) is 0 Å². The van der Waals surface area contributed by atoms with Gasteiger partial charge in [-0.15, -0.1) is 0 Å². The minimum absolute atomic E-state index is 0.237.